The van der Waals surface area contributed by atoms with Crippen LogP contribution in [0.1, 0.15) is 13.8 Å². The molecule has 1 rings (SSSR count). The van der Waals surface area contributed by atoms with Gasteiger partial charge in [-0.2, -0.15) is 0 Å². The van der Waals surface area contributed by atoms with Crippen molar-refractivity contribution in [2.75, 3.05) is 0 Å². The second-order valence-electron chi connectivity index (χ2n) is 3.35. The van der Waals surface area contributed by atoms with E-state index in [1.165, 1.54) is 0 Å². The Morgan fingerprint density at radius 3 is 2.25 bits per heavy atom. The quantitative estimate of drug-likeness (QED) is 0.361. The molecule has 0 radical (unpaired) electrons. The van der Waals surface area contributed by atoms with Crippen molar-refractivity contribution < 1.29 is 0 Å². The molecular formula is C10H12ClI. The first-order valence-electron chi connectivity index (χ1n) is 3.87. The minimum absolute atomic E-state index is 0.0820. The lowest BCUT2D eigenvalue weighted by Gasteiger charge is -2.18. The standard InChI is InChI=1S/C10H12ClI/c1-9(11)5-3-4-6-10(2,12)8-7-9/h3-8H,1-2H3. The monoisotopic (exact) mass is 294 g/mol. The van der Waals surface area contributed by atoms with Crippen LogP contribution < -0.4 is 0 Å². The van der Waals surface area contributed by atoms with E-state index in [1.54, 1.807) is 0 Å². The third kappa shape index (κ3) is 3.31. The van der Waals surface area contributed by atoms with E-state index in [0.29, 0.717) is 0 Å². The van der Waals surface area contributed by atoms with Gasteiger partial charge in [-0.3, -0.25) is 0 Å². The van der Waals surface area contributed by atoms with E-state index in [-0.39, 0.29) is 8.30 Å². The lowest BCUT2D eigenvalue weighted by atomic mass is 10.0. The Kier molecular flexibility index (Phi) is 3.05. The zero-order valence-corrected chi connectivity index (χ0v) is 10.1. The minimum Gasteiger partial charge on any atom is -0.110 e. The molecule has 0 aromatic heterocycles. The first-order valence-corrected chi connectivity index (χ1v) is 5.32. The zero-order chi connectivity index (χ0) is 9.24. The molecule has 0 fully saturated rings. The molecular weight excluding hydrogens is 282 g/mol. The van der Waals surface area contributed by atoms with Gasteiger partial charge in [-0.1, -0.05) is 59.0 Å². The maximum absolute atomic E-state index is 6.17. The van der Waals surface area contributed by atoms with Crippen LogP contribution >= 0.6 is 34.2 Å². The van der Waals surface area contributed by atoms with Crippen molar-refractivity contribution in [1.29, 1.82) is 0 Å². The molecule has 0 aromatic rings. The smallest absolute Gasteiger partial charge is 0.0781 e. The summed E-state index contributed by atoms with van der Waals surface area (Å²) >= 11 is 8.55. The largest absolute Gasteiger partial charge is 0.110 e. The second kappa shape index (κ2) is 3.54. The van der Waals surface area contributed by atoms with Crippen molar-refractivity contribution in [3.05, 3.63) is 36.5 Å². The summed E-state index contributed by atoms with van der Waals surface area (Å²) in [5.41, 5.74) is 0. The van der Waals surface area contributed by atoms with Crippen LogP contribution in [0.5, 0.6) is 0 Å². The maximum atomic E-state index is 6.17. The van der Waals surface area contributed by atoms with Gasteiger partial charge in [0, 0.05) is 0 Å². The minimum atomic E-state index is -0.336. The van der Waals surface area contributed by atoms with Crippen LogP contribution in [0.15, 0.2) is 36.5 Å². The number of allylic oxidation sites excluding steroid dienone is 6. The number of halogens is 2. The van der Waals surface area contributed by atoms with Gasteiger partial charge in [-0.05, 0) is 13.8 Å². The fraction of sp³-hybridized carbons (Fsp3) is 0.400. The van der Waals surface area contributed by atoms with Crippen LogP contribution in [0.3, 0.4) is 0 Å². The summed E-state index contributed by atoms with van der Waals surface area (Å²) < 4.78 is 0.0820. The summed E-state index contributed by atoms with van der Waals surface area (Å²) in [6, 6.07) is 0. The summed E-state index contributed by atoms with van der Waals surface area (Å²) in [6.07, 6.45) is 12.3. The summed E-state index contributed by atoms with van der Waals surface area (Å²) in [7, 11) is 0. The molecule has 1 aliphatic carbocycles. The molecule has 0 aliphatic heterocycles. The fourth-order valence-electron chi connectivity index (χ4n) is 0.924. The summed E-state index contributed by atoms with van der Waals surface area (Å²) in [5.74, 6) is 0. The van der Waals surface area contributed by atoms with Crippen molar-refractivity contribution in [3.8, 4) is 0 Å². The molecule has 66 valence electrons. The van der Waals surface area contributed by atoms with Gasteiger partial charge in [0.2, 0.25) is 0 Å². The fourth-order valence-corrected chi connectivity index (χ4v) is 1.45. The number of rotatable bonds is 0. The van der Waals surface area contributed by atoms with Crippen molar-refractivity contribution >= 4 is 34.2 Å². The van der Waals surface area contributed by atoms with Gasteiger partial charge in [-0.25, -0.2) is 0 Å². The first-order chi connectivity index (χ1) is 5.41. The molecule has 0 N–H and O–H groups in total. The molecule has 1 aliphatic rings. The highest BCUT2D eigenvalue weighted by atomic mass is 127. The number of hydrogen-bond donors (Lipinski definition) is 0. The van der Waals surface area contributed by atoms with Crippen molar-refractivity contribution in [2.24, 2.45) is 0 Å². The van der Waals surface area contributed by atoms with E-state index in [0.717, 1.165) is 0 Å². The molecule has 0 heterocycles. The topological polar surface area (TPSA) is 0 Å². The number of alkyl halides is 2. The molecule has 12 heavy (non-hydrogen) atoms. The average molecular weight is 295 g/mol. The Labute approximate surface area is 92.5 Å². The molecule has 2 unspecified atom stereocenters. The SMILES string of the molecule is CC1(Cl)C=CC=CC(C)(I)C=C1. The van der Waals surface area contributed by atoms with E-state index in [2.05, 4.69) is 41.7 Å². The van der Waals surface area contributed by atoms with E-state index in [9.17, 15) is 0 Å². The van der Waals surface area contributed by atoms with E-state index in [1.807, 2.05) is 31.2 Å². The highest BCUT2D eigenvalue weighted by Crippen LogP contribution is 2.27. The molecule has 2 atom stereocenters. The van der Waals surface area contributed by atoms with E-state index >= 15 is 0 Å². The van der Waals surface area contributed by atoms with Crippen LogP contribution in [0, 0.1) is 0 Å². The lowest BCUT2D eigenvalue weighted by Crippen LogP contribution is -2.14. The van der Waals surface area contributed by atoms with Crippen LogP contribution in [-0.4, -0.2) is 8.30 Å². The van der Waals surface area contributed by atoms with Gasteiger partial charge in [0.15, 0.2) is 0 Å². The van der Waals surface area contributed by atoms with Crippen LogP contribution in [0.25, 0.3) is 0 Å². The Morgan fingerprint density at radius 1 is 1.00 bits per heavy atom. The highest BCUT2D eigenvalue weighted by molar-refractivity contribution is 14.1. The maximum Gasteiger partial charge on any atom is 0.0781 e. The third-order valence-electron chi connectivity index (χ3n) is 1.69. The van der Waals surface area contributed by atoms with E-state index < -0.39 is 0 Å². The molecule has 0 nitrogen and oxygen atoms in total. The Bertz CT molecular complexity index is 221. The molecule has 0 aromatic carbocycles. The predicted molar refractivity (Wildman–Crippen MR) is 64.1 cm³/mol. The Hall–Kier alpha value is 0.240. The summed E-state index contributed by atoms with van der Waals surface area (Å²) in [6.45, 7) is 4.13. The normalized spacial score (nSPS) is 41.0. The lowest BCUT2D eigenvalue weighted by molar-refractivity contribution is 0.950. The molecule has 0 saturated heterocycles. The van der Waals surface area contributed by atoms with Crippen LogP contribution in [0.4, 0.5) is 0 Å². The number of hydrogen-bond acceptors (Lipinski definition) is 0. The van der Waals surface area contributed by atoms with Crippen molar-refractivity contribution in [1.82, 2.24) is 0 Å². The Balaban J connectivity index is 2.97. The van der Waals surface area contributed by atoms with Gasteiger partial charge in [0.05, 0.1) is 8.30 Å². The predicted octanol–water partition coefficient (Wildman–Crippen LogP) is 3.86. The molecule has 0 bridgehead atoms. The first kappa shape index (κ1) is 10.3. The second-order valence-corrected chi connectivity index (χ2v) is 6.49. The van der Waals surface area contributed by atoms with Gasteiger partial charge in [0.1, 0.15) is 0 Å². The zero-order valence-electron chi connectivity index (χ0n) is 7.22. The molecule has 0 saturated carbocycles. The highest BCUT2D eigenvalue weighted by Gasteiger charge is 2.17. The van der Waals surface area contributed by atoms with E-state index in [4.69, 9.17) is 11.6 Å². The van der Waals surface area contributed by atoms with Crippen molar-refractivity contribution in [2.45, 2.75) is 22.1 Å². The average Bonchev–Trinajstić information content (AvgIpc) is 1.94. The van der Waals surface area contributed by atoms with Gasteiger partial charge >= 0.3 is 0 Å². The summed E-state index contributed by atoms with van der Waals surface area (Å²) in [4.78, 5) is -0.336. The molecule has 0 amide bonds. The van der Waals surface area contributed by atoms with Gasteiger partial charge in [0.25, 0.3) is 0 Å². The Morgan fingerprint density at radius 2 is 1.58 bits per heavy atom. The van der Waals surface area contributed by atoms with Crippen molar-refractivity contribution in [3.63, 3.8) is 0 Å². The summed E-state index contributed by atoms with van der Waals surface area (Å²) in [5, 5.41) is 0. The third-order valence-corrected chi connectivity index (χ3v) is 2.66. The van der Waals surface area contributed by atoms with Gasteiger partial charge in [-0.15, -0.1) is 11.6 Å². The van der Waals surface area contributed by atoms with Crippen LogP contribution in [0.2, 0.25) is 0 Å². The molecule has 0 spiro atoms. The van der Waals surface area contributed by atoms with Crippen LogP contribution in [-0.2, 0) is 0 Å². The van der Waals surface area contributed by atoms with Gasteiger partial charge < -0.3 is 0 Å². The molecule has 2 heteroatoms.